The average molecular weight is 423 g/mol. The molecular formula is C19H25N3O6S. The van der Waals surface area contributed by atoms with Gasteiger partial charge in [0, 0.05) is 18.2 Å². The van der Waals surface area contributed by atoms with Crippen LogP contribution >= 0.6 is 0 Å². The van der Waals surface area contributed by atoms with E-state index in [1.54, 1.807) is 45.0 Å². The number of nitro benzene ring substituents is 1. The minimum Gasteiger partial charge on any atom is -0.491 e. The number of nitrogens with one attached hydrogen (secondary N) is 2. The number of hydrogen-bond donors (Lipinski definition) is 3. The molecule has 0 saturated carbocycles. The second-order valence-corrected chi connectivity index (χ2v) is 9.04. The Morgan fingerprint density at radius 3 is 2.34 bits per heavy atom. The van der Waals surface area contributed by atoms with Crippen LogP contribution in [0.1, 0.15) is 26.3 Å². The fourth-order valence-electron chi connectivity index (χ4n) is 2.51. The molecule has 9 nitrogen and oxygen atoms in total. The molecule has 0 atom stereocenters. The third-order valence-electron chi connectivity index (χ3n) is 3.68. The first-order valence-corrected chi connectivity index (χ1v) is 10.4. The van der Waals surface area contributed by atoms with Crippen LogP contribution in [0.15, 0.2) is 47.4 Å². The molecule has 0 aromatic heterocycles. The normalized spacial score (nSPS) is 11.9. The first kappa shape index (κ1) is 22.6. The number of anilines is 1. The highest BCUT2D eigenvalue weighted by molar-refractivity contribution is 7.89. The van der Waals surface area contributed by atoms with Crippen molar-refractivity contribution in [3.8, 4) is 5.75 Å². The van der Waals surface area contributed by atoms with E-state index in [0.29, 0.717) is 12.3 Å². The second kappa shape index (κ2) is 9.21. The number of nitrogens with zero attached hydrogens (tertiary/aromatic N) is 1. The van der Waals surface area contributed by atoms with Crippen LogP contribution < -0.4 is 14.8 Å². The van der Waals surface area contributed by atoms with Gasteiger partial charge in [-0.05, 0) is 50.6 Å². The third-order valence-corrected chi connectivity index (χ3v) is 5.44. The van der Waals surface area contributed by atoms with Gasteiger partial charge in [0.25, 0.3) is 5.69 Å². The Bertz CT molecular complexity index is 953. The Balaban J connectivity index is 2.18. The molecule has 0 unspecified atom stereocenters. The molecule has 10 heteroatoms. The molecular weight excluding hydrogens is 398 g/mol. The van der Waals surface area contributed by atoms with E-state index in [1.807, 2.05) is 0 Å². The summed E-state index contributed by atoms with van der Waals surface area (Å²) in [5.41, 5.74) is 0.0224. The monoisotopic (exact) mass is 423 g/mol. The highest BCUT2D eigenvalue weighted by Gasteiger charge is 2.25. The lowest BCUT2D eigenvalue weighted by Crippen LogP contribution is -2.40. The van der Waals surface area contributed by atoms with E-state index in [0.717, 1.165) is 11.6 Å². The summed E-state index contributed by atoms with van der Waals surface area (Å²) in [5.74, 6) is 0.606. The van der Waals surface area contributed by atoms with E-state index in [2.05, 4.69) is 10.0 Å². The van der Waals surface area contributed by atoms with Gasteiger partial charge in [-0.15, -0.1) is 0 Å². The number of aliphatic hydroxyl groups is 1. The summed E-state index contributed by atoms with van der Waals surface area (Å²) < 4.78 is 32.6. The number of rotatable bonds is 9. The minimum atomic E-state index is -3.88. The topological polar surface area (TPSA) is 131 Å². The Labute approximate surface area is 169 Å². The van der Waals surface area contributed by atoms with Crippen molar-refractivity contribution >= 4 is 21.4 Å². The highest BCUT2D eigenvalue weighted by atomic mass is 32.2. The number of hydrogen-bond acceptors (Lipinski definition) is 7. The molecule has 158 valence electrons. The average Bonchev–Trinajstić information content (AvgIpc) is 2.63. The van der Waals surface area contributed by atoms with Gasteiger partial charge in [-0.25, -0.2) is 13.1 Å². The Hall–Kier alpha value is -2.69. The molecule has 0 amide bonds. The molecule has 2 aromatic rings. The summed E-state index contributed by atoms with van der Waals surface area (Å²) in [6.45, 7) is 5.49. The molecule has 2 aromatic carbocycles. The predicted octanol–water partition coefficient (Wildman–Crippen LogP) is 2.65. The van der Waals surface area contributed by atoms with Crippen molar-refractivity contribution in [3.63, 3.8) is 0 Å². The fraction of sp³-hybridized carbons (Fsp3) is 0.368. The van der Waals surface area contributed by atoms with E-state index in [9.17, 15) is 18.5 Å². The van der Waals surface area contributed by atoms with Crippen LogP contribution in [0.5, 0.6) is 5.75 Å². The lowest BCUT2D eigenvalue weighted by atomic mass is 10.1. The van der Waals surface area contributed by atoms with Crippen molar-refractivity contribution in [1.82, 2.24) is 4.72 Å². The lowest BCUT2D eigenvalue weighted by molar-refractivity contribution is -0.384. The summed E-state index contributed by atoms with van der Waals surface area (Å²) in [6.07, 6.45) is 0. The summed E-state index contributed by atoms with van der Waals surface area (Å²) in [7, 11) is -3.88. The molecule has 0 aliphatic rings. The lowest BCUT2D eigenvalue weighted by Gasteiger charge is -2.20. The van der Waals surface area contributed by atoms with Crippen molar-refractivity contribution in [2.45, 2.75) is 37.8 Å². The molecule has 0 heterocycles. The van der Waals surface area contributed by atoms with E-state index in [-0.39, 0.29) is 29.5 Å². The zero-order chi connectivity index (χ0) is 21.7. The zero-order valence-corrected chi connectivity index (χ0v) is 17.3. The summed E-state index contributed by atoms with van der Waals surface area (Å²) in [6, 6.07) is 10.8. The first-order valence-electron chi connectivity index (χ1n) is 8.91. The zero-order valence-electron chi connectivity index (χ0n) is 16.5. The molecule has 0 fully saturated rings. The first-order chi connectivity index (χ1) is 13.5. The number of ether oxygens (including phenoxy) is 1. The molecule has 0 spiro atoms. The van der Waals surface area contributed by atoms with Gasteiger partial charge in [0.2, 0.25) is 10.0 Å². The summed E-state index contributed by atoms with van der Waals surface area (Å²) in [4.78, 5) is 10.7. The van der Waals surface area contributed by atoms with Crippen LogP contribution in [0, 0.1) is 10.1 Å². The molecule has 29 heavy (non-hydrogen) atoms. The standard InChI is InChI=1S/C19H25N3O6S/c1-19(2,3)21-29(26,27)16-8-9-17(18(12-16)22(24)25)20-13-14-4-6-15(7-5-14)28-11-10-23/h4-9,12,20-21,23H,10-11,13H2,1-3H3. The van der Waals surface area contributed by atoms with E-state index in [1.165, 1.54) is 12.1 Å². The van der Waals surface area contributed by atoms with Gasteiger partial charge in [-0.1, -0.05) is 12.1 Å². The second-order valence-electron chi connectivity index (χ2n) is 7.36. The van der Waals surface area contributed by atoms with Crippen molar-refractivity contribution in [2.24, 2.45) is 0 Å². The van der Waals surface area contributed by atoms with Crippen molar-refractivity contribution < 1.29 is 23.2 Å². The van der Waals surface area contributed by atoms with Gasteiger partial charge in [0.15, 0.2) is 0 Å². The SMILES string of the molecule is CC(C)(C)NS(=O)(=O)c1ccc(NCc2ccc(OCCO)cc2)c([N+](=O)[O-])c1. The number of benzene rings is 2. The van der Waals surface area contributed by atoms with Gasteiger partial charge < -0.3 is 15.2 Å². The smallest absolute Gasteiger partial charge is 0.293 e. The van der Waals surface area contributed by atoms with Crippen LogP contribution in [0.2, 0.25) is 0 Å². The molecule has 3 N–H and O–H groups in total. The van der Waals surface area contributed by atoms with E-state index >= 15 is 0 Å². The molecule has 2 rings (SSSR count). The number of sulfonamides is 1. The maximum Gasteiger partial charge on any atom is 0.293 e. The van der Waals surface area contributed by atoms with Crippen molar-refractivity contribution in [1.29, 1.82) is 0 Å². The number of aliphatic hydroxyl groups excluding tert-OH is 1. The maximum absolute atomic E-state index is 12.4. The fourth-order valence-corrected chi connectivity index (χ4v) is 3.94. The van der Waals surface area contributed by atoms with Crippen molar-refractivity contribution in [2.75, 3.05) is 18.5 Å². The highest BCUT2D eigenvalue weighted by Crippen LogP contribution is 2.28. The predicted molar refractivity (Wildman–Crippen MR) is 110 cm³/mol. The molecule has 0 aliphatic heterocycles. The minimum absolute atomic E-state index is 0.0794. The van der Waals surface area contributed by atoms with Crippen LogP contribution in [0.4, 0.5) is 11.4 Å². The Morgan fingerprint density at radius 1 is 1.14 bits per heavy atom. The summed E-state index contributed by atoms with van der Waals surface area (Å²) >= 11 is 0. The molecule has 0 radical (unpaired) electrons. The van der Waals surface area contributed by atoms with Gasteiger partial charge in [-0.2, -0.15) is 0 Å². The third kappa shape index (κ3) is 6.70. The van der Waals surface area contributed by atoms with Crippen LogP contribution in [-0.4, -0.2) is 37.2 Å². The van der Waals surface area contributed by atoms with Gasteiger partial charge in [0.1, 0.15) is 18.0 Å². The van der Waals surface area contributed by atoms with Crippen LogP contribution in [-0.2, 0) is 16.6 Å². The van der Waals surface area contributed by atoms with Gasteiger partial charge >= 0.3 is 0 Å². The van der Waals surface area contributed by atoms with Gasteiger partial charge in [0.05, 0.1) is 16.4 Å². The number of nitro groups is 1. The summed E-state index contributed by atoms with van der Waals surface area (Å²) in [5, 5.41) is 23.2. The Morgan fingerprint density at radius 2 is 1.79 bits per heavy atom. The van der Waals surface area contributed by atoms with E-state index < -0.39 is 20.5 Å². The van der Waals surface area contributed by atoms with Gasteiger partial charge in [-0.3, -0.25) is 10.1 Å². The van der Waals surface area contributed by atoms with Crippen LogP contribution in [0.25, 0.3) is 0 Å². The molecule has 0 bridgehead atoms. The van der Waals surface area contributed by atoms with E-state index in [4.69, 9.17) is 9.84 Å². The van der Waals surface area contributed by atoms with Crippen LogP contribution in [0.3, 0.4) is 0 Å². The van der Waals surface area contributed by atoms with Crippen molar-refractivity contribution in [3.05, 3.63) is 58.1 Å². The molecule has 0 aliphatic carbocycles. The Kier molecular flexibility index (Phi) is 7.17. The molecule has 0 saturated heterocycles. The quantitative estimate of drug-likeness (QED) is 0.417. The maximum atomic E-state index is 12.4. The largest absolute Gasteiger partial charge is 0.491 e.